The number of benzene rings is 1. The average molecular weight is 305 g/mol. The van der Waals surface area contributed by atoms with Gasteiger partial charge in [0.25, 0.3) is 0 Å². The van der Waals surface area contributed by atoms with Crippen molar-refractivity contribution >= 4 is 11.3 Å². The second kappa shape index (κ2) is 8.05. The van der Waals surface area contributed by atoms with Gasteiger partial charge in [0.2, 0.25) is 0 Å². The molecular weight excluding hydrogens is 282 g/mol. The van der Waals surface area contributed by atoms with Gasteiger partial charge < -0.3 is 14.8 Å². The zero-order chi connectivity index (χ0) is 15.1. The molecule has 1 aromatic carbocycles. The van der Waals surface area contributed by atoms with Crippen molar-refractivity contribution in [2.45, 2.75) is 27.0 Å². The Morgan fingerprint density at radius 1 is 1.19 bits per heavy atom. The third-order valence-corrected chi connectivity index (χ3v) is 3.91. The molecule has 3 nitrogen and oxygen atoms in total. The fourth-order valence-electron chi connectivity index (χ4n) is 1.99. The largest absolute Gasteiger partial charge is 0.493 e. The monoisotopic (exact) mass is 305 g/mol. The van der Waals surface area contributed by atoms with Crippen LogP contribution in [0.1, 0.15) is 24.3 Å². The van der Waals surface area contributed by atoms with E-state index in [1.807, 2.05) is 18.2 Å². The van der Waals surface area contributed by atoms with Gasteiger partial charge in [0.05, 0.1) is 7.11 Å². The molecule has 0 aliphatic carbocycles. The minimum Gasteiger partial charge on any atom is -0.493 e. The number of hydrogen-bond donors (Lipinski definition) is 1. The standard InChI is InChI=1S/C17H23NO2S/c1-13(2)10-18-11-14-6-7-16(17(9-14)19-3)20-12-15-5-4-8-21-15/h4-9,13,18H,10-12H2,1-3H3. The van der Waals surface area contributed by atoms with E-state index in [2.05, 4.69) is 36.7 Å². The SMILES string of the molecule is COc1cc(CNCC(C)C)ccc1OCc1cccs1. The maximum Gasteiger partial charge on any atom is 0.161 e. The van der Waals surface area contributed by atoms with Gasteiger partial charge in [0.15, 0.2) is 11.5 Å². The highest BCUT2D eigenvalue weighted by molar-refractivity contribution is 7.09. The van der Waals surface area contributed by atoms with E-state index in [0.717, 1.165) is 24.6 Å². The van der Waals surface area contributed by atoms with Gasteiger partial charge >= 0.3 is 0 Å². The molecule has 0 saturated heterocycles. The molecule has 0 unspecified atom stereocenters. The Bertz CT molecular complexity index is 538. The lowest BCUT2D eigenvalue weighted by atomic mass is 10.2. The first kappa shape index (κ1) is 15.9. The summed E-state index contributed by atoms with van der Waals surface area (Å²) >= 11 is 1.70. The number of nitrogens with one attached hydrogen (secondary N) is 1. The van der Waals surface area contributed by atoms with E-state index in [9.17, 15) is 0 Å². The Morgan fingerprint density at radius 2 is 2.05 bits per heavy atom. The Kier molecular flexibility index (Phi) is 6.08. The van der Waals surface area contributed by atoms with Crippen LogP contribution in [0.4, 0.5) is 0 Å². The molecule has 0 bridgehead atoms. The van der Waals surface area contributed by atoms with E-state index in [1.54, 1.807) is 18.4 Å². The summed E-state index contributed by atoms with van der Waals surface area (Å²) in [7, 11) is 1.68. The minimum absolute atomic E-state index is 0.582. The summed E-state index contributed by atoms with van der Waals surface area (Å²) in [6, 6.07) is 10.2. The van der Waals surface area contributed by atoms with Gasteiger partial charge in [0.1, 0.15) is 6.61 Å². The first-order chi connectivity index (χ1) is 10.2. The van der Waals surface area contributed by atoms with Gasteiger partial charge in [0, 0.05) is 11.4 Å². The van der Waals surface area contributed by atoms with Crippen molar-refractivity contribution in [2.75, 3.05) is 13.7 Å². The number of methoxy groups -OCH3 is 1. The van der Waals surface area contributed by atoms with Crippen molar-refractivity contribution in [3.05, 3.63) is 46.2 Å². The van der Waals surface area contributed by atoms with Crippen LogP contribution < -0.4 is 14.8 Å². The lowest BCUT2D eigenvalue weighted by Crippen LogP contribution is -2.18. The van der Waals surface area contributed by atoms with Crippen LogP contribution in [0.25, 0.3) is 0 Å². The Hall–Kier alpha value is -1.52. The quantitative estimate of drug-likeness (QED) is 0.797. The maximum absolute atomic E-state index is 5.84. The van der Waals surface area contributed by atoms with E-state index in [-0.39, 0.29) is 0 Å². The van der Waals surface area contributed by atoms with Crippen LogP contribution in [0.5, 0.6) is 11.5 Å². The minimum atomic E-state index is 0.582. The molecule has 114 valence electrons. The molecule has 0 spiro atoms. The molecule has 1 heterocycles. The van der Waals surface area contributed by atoms with Crippen LogP contribution >= 0.6 is 11.3 Å². The zero-order valence-electron chi connectivity index (χ0n) is 12.9. The van der Waals surface area contributed by atoms with Crippen molar-refractivity contribution in [3.8, 4) is 11.5 Å². The van der Waals surface area contributed by atoms with Gasteiger partial charge in [-0.3, -0.25) is 0 Å². The van der Waals surface area contributed by atoms with Gasteiger partial charge in [-0.2, -0.15) is 0 Å². The summed E-state index contributed by atoms with van der Waals surface area (Å²) in [4.78, 5) is 1.21. The summed E-state index contributed by atoms with van der Waals surface area (Å²) < 4.78 is 11.3. The van der Waals surface area contributed by atoms with Crippen LogP contribution in [0.15, 0.2) is 35.7 Å². The second-order valence-corrected chi connectivity index (χ2v) is 6.41. The third kappa shape index (κ3) is 5.06. The normalized spacial score (nSPS) is 10.9. The molecule has 1 aromatic heterocycles. The predicted molar refractivity (Wildman–Crippen MR) is 88.2 cm³/mol. The lowest BCUT2D eigenvalue weighted by molar-refractivity contribution is 0.287. The summed E-state index contributed by atoms with van der Waals surface area (Å²) in [5.74, 6) is 2.23. The van der Waals surface area contributed by atoms with E-state index >= 15 is 0 Å². The number of rotatable bonds is 8. The molecule has 0 atom stereocenters. The highest BCUT2D eigenvalue weighted by atomic mass is 32.1. The van der Waals surface area contributed by atoms with Crippen molar-refractivity contribution in [1.82, 2.24) is 5.32 Å². The van der Waals surface area contributed by atoms with E-state index < -0.39 is 0 Å². The van der Waals surface area contributed by atoms with Crippen LogP contribution in [0.2, 0.25) is 0 Å². The van der Waals surface area contributed by atoms with Crippen LogP contribution in [0.3, 0.4) is 0 Å². The maximum atomic E-state index is 5.84. The smallest absolute Gasteiger partial charge is 0.161 e. The van der Waals surface area contributed by atoms with E-state index in [1.165, 1.54) is 10.4 Å². The Labute approximate surface area is 130 Å². The number of ether oxygens (including phenoxy) is 2. The third-order valence-electron chi connectivity index (χ3n) is 3.06. The Balaban J connectivity index is 1.95. The summed E-state index contributed by atoms with van der Waals surface area (Å²) in [6.07, 6.45) is 0. The van der Waals surface area contributed by atoms with E-state index in [0.29, 0.717) is 12.5 Å². The molecule has 1 N–H and O–H groups in total. The van der Waals surface area contributed by atoms with Gasteiger partial charge in [-0.25, -0.2) is 0 Å². The topological polar surface area (TPSA) is 30.5 Å². The van der Waals surface area contributed by atoms with Crippen molar-refractivity contribution in [3.63, 3.8) is 0 Å². The lowest BCUT2D eigenvalue weighted by Gasteiger charge is -2.13. The van der Waals surface area contributed by atoms with Gasteiger partial charge in [-0.1, -0.05) is 26.0 Å². The average Bonchev–Trinajstić information content (AvgIpc) is 2.98. The van der Waals surface area contributed by atoms with Crippen molar-refractivity contribution in [2.24, 2.45) is 5.92 Å². The van der Waals surface area contributed by atoms with Crippen LogP contribution in [-0.4, -0.2) is 13.7 Å². The summed E-state index contributed by atoms with van der Waals surface area (Å²) in [6.45, 7) is 6.85. The molecule has 0 aliphatic rings. The predicted octanol–water partition coefficient (Wildman–Crippen LogP) is 4.08. The van der Waals surface area contributed by atoms with E-state index in [4.69, 9.17) is 9.47 Å². The number of hydrogen-bond acceptors (Lipinski definition) is 4. The molecular formula is C17H23NO2S. The first-order valence-electron chi connectivity index (χ1n) is 7.22. The molecule has 4 heteroatoms. The first-order valence-corrected chi connectivity index (χ1v) is 8.10. The zero-order valence-corrected chi connectivity index (χ0v) is 13.7. The fourth-order valence-corrected chi connectivity index (χ4v) is 2.61. The molecule has 0 fully saturated rings. The second-order valence-electron chi connectivity index (χ2n) is 5.38. The summed E-state index contributed by atoms with van der Waals surface area (Å²) in [5.41, 5.74) is 1.20. The van der Waals surface area contributed by atoms with Gasteiger partial charge in [-0.15, -0.1) is 11.3 Å². The molecule has 0 amide bonds. The van der Waals surface area contributed by atoms with Crippen LogP contribution in [0, 0.1) is 5.92 Å². The molecule has 0 radical (unpaired) electrons. The molecule has 2 aromatic rings. The molecule has 0 aliphatic heterocycles. The molecule has 0 saturated carbocycles. The number of thiophene rings is 1. The van der Waals surface area contributed by atoms with Crippen molar-refractivity contribution < 1.29 is 9.47 Å². The Morgan fingerprint density at radius 3 is 2.71 bits per heavy atom. The fraction of sp³-hybridized carbons (Fsp3) is 0.412. The van der Waals surface area contributed by atoms with Crippen molar-refractivity contribution in [1.29, 1.82) is 0 Å². The molecule has 2 rings (SSSR count). The molecule has 21 heavy (non-hydrogen) atoms. The van der Waals surface area contributed by atoms with Gasteiger partial charge in [-0.05, 0) is 41.6 Å². The summed E-state index contributed by atoms with van der Waals surface area (Å²) in [5, 5.41) is 5.49. The highest BCUT2D eigenvalue weighted by Crippen LogP contribution is 2.29. The highest BCUT2D eigenvalue weighted by Gasteiger charge is 2.07. The van der Waals surface area contributed by atoms with Crippen LogP contribution in [-0.2, 0) is 13.2 Å².